The van der Waals surface area contributed by atoms with Gasteiger partial charge in [-0.05, 0) is 36.0 Å². The summed E-state index contributed by atoms with van der Waals surface area (Å²) in [5.41, 5.74) is 9.83. The topological polar surface area (TPSA) is 43.8 Å². The quantitative estimate of drug-likeness (QED) is 0.909. The molecule has 0 bridgehead atoms. The first kappa shape index (κ1) is 14.1. The van der Waals surface area contributed by atoms with Crippen molar-refractivity contribution >= 4 is 11.0 Å². The number of imidazole rings is 1. The van der Waals surface area contributed by atoms with Gasteiger partial charge in [0.25, 0.3) is 0 Å². The Hall–Kier alpha value is -1.35. The van der Waals surface area contributed by atoms with Gasteiger partial charge in [0, 0.05) is 7.05 Å². The fraction of sp³-hybridized carbons (Fsp3) is 0.562. The third kappa shape index (κ3) is 2.81. The van der Waals surface area contributed by atoms with Crippen LogP contribution in [-0.2, 0) is 7.05 Å². The molecule has 0 saturated heterocycles. The lowest BCUT2D eigenvalue weighted by atomic mass is 10.0. The van der Waals surface area contributed by atoms with Crippen molar-refractivity contribution in [1.29, 1.82) is 0 Å². The Morgan fingerprint density at radius 2 is 1.89 bits per heavy atom. The first-order chi connectivity index (χ1) is 8.90. The Morgan fingerprint density at radius 3 is 2.47 bits per heavy atom. The number of hydrogen-bond donors (Lipinski definition) is 1. The highest BCUT2D eigenvalue weighted by Crippen LogP contribution is 2.25. The molecule has 2 N–H and O–H groups in total. The Bertz CT molecular complexity index is 567. The summed E-state index contributed by atoms with van der Waals surface area (Å²) in [5.74, 6) is 2.10. The zero-order valence-corrected chi connectivity index (χ0v) is 12.6. The average molecular weight is 259 g/mol. The van der Waals surface area contributed by atoms with E-state index in [1.807, 2.05) is 0 Å². The third-order valence-electron chi connectivity index (χ3n) is 3.66. The predicted molar refractivity (Wildman–Crippen MR) is 81.2 cm³/mol. The SMILES string of the molecule is CC(C)CC(N)c1nc2cc(C(C)C)ccc2n1C. The van der Waals surface area contributed by atoms with Crippen molar-refractivity contribution in [3.8, 4) is 0 Å². The van der Waals surface area contributed by atoms with E-state index >= 15 is 0 Å². The Labute approximate surface area is 115 Å². The standard InChI is InChI=1S/C16H25N3/c1-10(2)8-13(17)16-18-14-9-12(11(3)4)6-7-15(14)19(16)5/h6-7,9-11,13H,8,17H2,1-5H3. The molecule has 1 atom stereocenters. The van der Waals surface area contributed by atoms with Crippen LogP contribution in [0.5, 0.6) is 0 Å². The predicted octanol–water partition coefficient (Wildman–Crippen LogP) is 3.74. The van der Waals surface area contributed by atoms with Gasteiger partial charge in [0.1, 0.15) is 5.82 Å². The Morgan fingerprint density at radius 1 is 1.21 bits per heavy atom. The van der Waals surface area contributed by atoms with E-state index in [0.717, 1.165) is 17.8 Å². The van der Waals surface area contributed by atoms with Gasteiger partial charge in [0.2, 0.25) is 0 Å². The number of hydrogen-bond acceptors (Lipinski definition) is 2. The molecule has 0 amide bonds. The summed E-state index contributed by atoms with van der Waals surface area (Å²) in [6.45, 7) is 8.80. The second kappa shape index (κ2) is 5.33. The molecular formula is C16H25N3. The van der Waals surface area contributed by atoms with E-state index in [1.54, 1.807) is 0 Å². The maximum atomic E-state index is 6.28. The molecule has 19 heavy (non-hydrogen) atoms. The van der Waals surface area contributed by atoms with Gasteiger partial charge in [-0.25, -0.2) is 4.98 Å². The molecule has 0 saturated carbocycles. The summed E-state index contributed by atoms with van der Waals surface area (Å²) in [4.78, 5) is 4.75. The van der Waals surface area contributed by atoms with Crippen molar-refractivity contribution < 1.29 is 0 Å². The summed E-state index contributed by atoms with van der Waals surface area (Å²) >= 11 is 0. The lowest BCUT2D eigenvalue weighted by Gasteiger charge is -2.13. The first-order valence-electron chi connectivity index (χ1n) is 7.12. The van der Waals surface area contributed by atoms with Crippen molar-refractivity contribution in [2.75, 3.05) is 0 Å². The summed E-state index contributed by atoms with van der Waals surface area (Å²) < 4.78 is 2.13. The molecule has 1 aromatic carbocycles. The molecule has 3 heteroatoms. The Balaban J connectivity index is 2.44. The van der Waals surface area contributed by atoms with Crippen LogP contribution in [0.2, 0.25) is 0 Å². The monoisotopic (exact) mass is 259 g/mol. The van der Waals surface area contributed by atoms with Crippen LogP contribution < -0.4 is 5.73 Å². The van der Waals surface area contributed by atoms with Crippen LogP contribution in [0, 0.1) is 5.92 Å². The Kier molecular flexibility index (Phi) is 3.95. The van der Waals surface area contributed by atoms with E-state index in [-0.39, 0.29) is 6.04 Å². The van der Waals surface area contributed by atoms with Crippen LogP contribution >= 0.6 is 0 Å². The minimum absolute atomic E-state index is 0.0138. The van der Waals surface area contributed by atoms with Crippen molar-refractivity contribution in [3.05, 3.63) is 29.6 Å². The van der Waals surface area contributed by atoms with Crippen LogP contribution in [-0.4, -0.2) is 9.55 Å². The highest BCUT2D eigenvalue weighted by molar-refractivity contribution is 5.77. The number of aromatic nitrogens is 2. The molecule has 1 unspecified atom stereocenters. The number of nitrogens with zero attached hydrogens (tertiary/aromatic N) is 2. The number of fused-ring (bicyclic) bond motifs is 1. The van der Waals surface area contributed by atoms with Gasteiger partial charge in [-0.3, -0.25) is 0 Å². The zero-order valence-electron chi connectivity index (χ0n) is 12.6. The molecule has 1 heterocycles. The molecular weight excluding hydrogens is 234 g/mol. The first-order valence-corrected chi connectivity index (χ1v) is 7.12. The van der Waals surface area contributed by atoms with Gasteiger partial charge in [0.15, 0.2) is 0 Å². The molecule has 104 valence electrons. The number of benzene rings is 1. The van der Waals surface area contributed by atoms with Crippen LogP contribution in [0.1, 0.15) is 57.5 Å². The van der Waals surface area contributed by atoms with Gasteiger partial charge in [-0.2, -0.15) is 0 Å². The fourth-order valence-electron chi connectivity index (χ4n) is 2.54. The maximum absolute atomic E-state index is 6.28. The van der Waals surface area contributed by atoms with Crippen LogP contribution in [0.3, 0.4) is 0 Å². The van der Waals surface area contributed by atoms with Crippen LogP contribution in [0.25, 0.3) is 11.0 Å². The highest BCUT2D eigenvalue weighted by atomic mass is 15.1. The van der Waals surface area contributed by atoms with E-state index in [1.165, 1.54) is 11.1 Å². The van der Waals surface area contributed by atoms with E-state index in [4.69, 9.17) is 10.7 Å². The molecule has 0 aliphatic rings. The average Bonchev–Trinajstić information content (AvgIpc) is 2.65. The molecule has 2 aromatic rings. The zero-order chi connectivity index (χ0) is 14.2. The van der Waals surface area contributed by atoms with Crippen molar-refractivity contribution in [2.45, 2.75) is 46.1 Å². The van der Waals surface area contributed by atoms with Crippen molar-refractivity contribution in [3.63, 3.8) is 0 Å². The smallest absolute Gasteiger partial charge is 0.126 e. The summed E-state index contributed by atoms with van der Waals surface area (Å²) in [6, 6.07) is 6.54. The molecule has 0 aliphatic carbocycles. The van der Waals surface area contributed by atoms with E-state index in [0.29, 0.717) is 11.8 Å². The number of aryl methyl sites for hydroxylation is 1. The molecule has 0 aliphatic heterocycles. The minimum Gasteiger partial charge on any atom is -0.330 e. The minimum atomic E-state index is 0.0138. The van der Waals surface area contributed by atoms with E-state index < -0.39 is 0 Å². The van der Waals surface area contributed by atoms with Gasteiger partial charge < -0.3 is 10.3 Å². The third-order valence-corrected chi connectivity index (χ3v) is 3.66. The molecule has 2 rings (SSSR count). The molecule has 3 nitrogen and oxygen atoms in total. The molecule has 0 fully saturated rings. The highest BCUT2D eigenvalue weighted by Gasteiger charge is 2.16. The van der Waals surface area contributed by atoms with Gasteiger partial charge in [-0.1, -0.05) is 33.8 Å². The summed E-state index contributed by atoms with van der Waals surface area (Å²) in [6.07, 6.45) is 0.966. The number of nitrogens with two attached hydrogens (primary N) is 1. The summed E-state index contributed by atoms with van der Waals surface area (Å²) in [5, 5.41) is 0. The van der Waals surface area contributed by atoms with E-state index in [2.05, 4.69) is 57.5 Å². The fourth-order valence-corrected chi connectivity index (χ4v) is 2.54. The van der Waals surface area contributed by atoms with E-state index in [9.17, 15) is 0 Å². The van der Waals surface area contributed by atoms with Gasteiger partial charge in [0.05, 0.1) is 17.1 Å². The lowest BCUT2D eigenvalue weighted by molar-refractivity contribution is 0.485. The van der Waals surface area contributed by atoms with Gasteiger partial charge >= 0.3 is 0 Å². The lowest BCUT2D eigenvalue weighted by Crippen LogP contribution is -2.17. The van der Waals surface area contributed by atoms with Gasteiger partial charge in [-0.15, -0.1) is 0 Å². The molecule has 1 aromatic heterocycles. The van der Waals surface area contributed by atoms with Crippen LogP contribution in [0.4, 0.5) is 0 Å². The maximum Gasteiger partial charge on any atom is 0.126 e. The summed E-state index contributed by atoms with van der Waals surface area (Å²) in [7, 11) is 2.06. The van der Waals surface area contributed by atoms with Crippen molar-refractivity contribution in [2.24, 2.45) is 18.7 Å². The number of rotatable bonds is 4. The second-order valence-corrected chi connectivity index (χ2v) is 6.17. The molecule has 0 radical (unpaired) electrons. The normalized spacial score (nSPS) is 13.7. The largest absolute Gasteiger partial charge is 0.330 e. The molecule has 0 spiro atoms. The second-order valence-electron chi connectivity index (χ2n) is 6.17. The van der Waals surface area contributed by atoms with Crippen LogP contribution in [0.15, 0.2) is 18.2 Å². The van der Waals surface area contributed by atoms with Crippen molar-refractivity contribution in [1.82, 2.24) is 9.55 Å².